The molecule has 3 atom stereocenters. The number of aromatic nitrogens is 4. The summed E-state index contributed by atoms with van der Waals surface area (Å²) in [5.41, 5.74) is 10.9. The Morgan fingerprint density at radius 1 is 0.860 bits per heavy atom. The van der Waals surface area contributed by atoms with E-state index in [1.807, 2.05) is 0 Å². The second kappa shape index (κ2) is 13.0. The number of aromatic amines is 1. The lowest BCUT2D eigenvalue weighted by Gasteiger charge is -2.37. The number of anilines is 1. The Morgan fingerprint density at radius 3 is 2.02 bits per heavy atom. The zero-order chi connectivity index (χ0) is 29.6. The van der Waals surface area contributed by atoms with Crippen molar-refractivity contribution in [1.82, 2.24) is 25.5 Å². The van der Waals surface area contributed by atoms with Crippen molar-refractivity contribution in [2.24, 2.45) is 0 Å². The molecule has 9 nitrogen and oxygen atoms in total. The lowest BCUT2D eigenvalue weighted by atomic mass is 9.77. The second-order valence-electron chi connectivity index (χ2n) is 11.1. The molecule has 0 amide bonds. The molecule has 1 fully saturated rings. The van der Waals surface area contributed by atoms with Crippen LogP contribution in [0.4, 0.5) is 5.82 Å². The molecule has 222 valence electrons. The number of hydrogen-bond acceptors (Lipinski definition) is 8. The maximum atomic E-state index is 10.1. The Bertz CT molecular complexity index is 1520. The summed E-state index contributed by atoms with van der Waals surface area (Å²) < 4.78 is 5.71. The number of fused-ring (bicyclic) bond motifs is 1. The summed E-state index contributed by atoms with van der Waals surface area (Å²) in [4.78, 5) is 9.02. The van der Waals surface area contributed by atoms with E-state index in [4.69, 9.17) is 10.5 Å². The van der Waals surface area contributed by atoms with Crippen LogP contribution in [0, 0.1) is 0 Å². The topological polar surface area (TPSA) is 142 Å². The van der Waals surface area contributed by atoms with E-state index in [1.165, 1.54) is 16.7 Å². The fourth-order valence-corrected chi connectivity index (χ4v) is 6.16. The number of nitrogens with zero attached hydrogens (tertiary/aromatic N) is 3. The Kier molecular flexibility index (Phi) is 8.76. The number of benzene rings is 3. The van der Waals surface area contributed by atoms with E-state index in [0.717, 1.165) is 43.3 Å². The molecule has 0 bridgehead atoms. The third kappa shape index (κ3) is 5.89. The lowest BCUT2D eigenvalue weighted by molar-refractivity contribution is -0.0246. The number of hydrogen-bond donors (Lipinski definition) is 5. The van der Waals surface area contributed by atoms with Gasteiger partial charge in [-0.25, -0.2) is 9.97 Å². The van der Waals surface area contributed by atoms with E-state index in [1.54, 1.807) is 0 Å². The Hall–Kier alpha value is -4.15. The van der Waals surface area contributed by atoms with Gasteiger partial charge in [-0.3, -0.25) is 10.4 Å². The number of aliphatic hydroxyl groups excluding tert-OH is 2. The van der Waals surface area contributed by atoms with E-state index in [2.05, 4.69) is 116 Å². The first-order valence-electron chi connectivity index (χ1n) is 15.0. The summed E-state index contributed by atoms with van der Waals surface area (Å²) in [5.74, 6) is 0.720. The lowest BCUT2D eigenvalue weighted by Crippen LogP contribution is -2.45. The molecule has 1 aliphatic heterocycles. The first-order valence-corrected chi connectivity index (χ1v) is 15.0. The predicted octanol–water partition coefficient (Wildman–Crippen LogP) is 4.41. The molecule has 3 heterocycles. The standard InChI is InChI=1S/C34H38N6O3/c35-31-30-26(39-40-33(30)38-32(37-31)28-21-27(42)29(22-41)43-28)19-11-4-12-20-36-34(23-13-5-1-6-14-23,24-15-7-2-8-16-24)25-17-9-3-10-18-25/h1-3,5-10,13-18,27-29,36,41-42H,4,11-12,19-22H2,(H3,35,37,38,39,40)/t27-,28?,29+/m0/s1. The fraction of sp³-hybridized carbons (Fsp3) is 0.324. The Balaban J connectivity index is 1.12. The van der Waals surface area contributed by atoms with E-state index < -0.39 is 23.9 Å². The molecule has 43 heavy (non-hydrogen) atoms. The molecule has 5 aromatic rings. The van der Waals surface area contributed by atoms with E-state index in [0.29, 0.717) is 23.7 Å². The molecule has 6 N–H and O–H groups in total. The molecule has 0 radical (unpaired) electrons. The van der Waals surface area contributed by atoms with Crippen molar-refractivity contribution in [3.8, 4) is 0 Å². The van der Waals surface area contributed by atoms with Crippen molar-refractivity contribution < 1.29 is 14.9 Å². The number of ether oxygens (including phenoxy) is 1. The number of nitrogen functional groups attached to an aromatic ring is 1. The summed E-state index contributed by atoms with van der Waals surface area (Å²) in [6.45, 7) is 0.572. The highest BCUT2D eigenvalue weighted by molar-refractivity contribution is 5.87. The average Bonchev–Trinajstić information content (AvgIpc) is 3.65. The van der Waals surface area contributed by atoms with Crippen LogP contribution in [0.25, 0.3) is 11.0 Å². The first-order chi connectivity index (χ1) is 21.1. The van der Waals surface area contributed by atoms with E-state index >= 15 is 0 Å². The van der Waals surface area contributed by atoms with Gasteiger partial charge < -0.3 is 20.7 Å². The first kappa shape index (κ1) is 28.9. The van der Waals surface area contributed by atoms with Crippen molar-refractivity contribution in [2.75, 3.05) is 18.9 Å². The van der Waals surface area contributed by atoms with Crippen LogP contribution in [0.1, 0.15) is 60.0 Å². The molecular formula is C34H38N6O3. The van der Waals surface area contributed by atoms with Crippen LogP contribution in [0.15, 0.2) is 91.0 Å². The summed E-state index contributed by atoms with van der Waals surface area (Å²) >= 11 is 0. The third-order valence-electron chi connectivity index (χ3n) is 8.34. The van der Waals surface area contributed by atoms with Crippen LogP contribution in [-0.2, 0) is 16.7 Å². The molecule has 1 aliphatic rings. The molecule has 2 aromatic heterocycles. The van der Waals surface area contributed by atoms with Crippen molar-refractivity contribution in [3.63, 3.8) is 0 Å². The smallest absolute Gasteiger partial charge is 0.186 e. The third-order valence-corrected chi connectivity index (χ3v) is 8.34. The highest BCUT2D eigenvalue weighted by Gasteiger charge is 2.37. The minimum absolute atomic E-state index is 0.261. The minimum atomic E-state index is -0.766. The molecule has 3 aromatic carbocycles. The number of aliphatic hydroxyl groups is 2. The molecule has 0 saturated carbocycles. The maximum absolute atomic E-state index is 10.1. The van der Waals surface area contributed by atoms with Gasteiger partial charge in [-0.1, -0.05) is 97.4 Å². The number of nitrogens with two attached hydrogens (primary N) is 1. The molecule has 9 heteroatoms. The Morgan fingerprint density at radius 2 is 1.47 bits per heavy atom. The molecule has 1 saturated heterocycles. The highest BCUT2D eigenvalue weighted by atomic mass is 16.5. The van der Waals surface area contributed by atoms with Crippen molar-refractivity contribution >= 4 is 16.9 Å². The molecule has 1 unspecified atom stereocenters. The number of H-pyrrole nitrogens is 1. The van der Waals surface area contributed by atoms with Gasteiger partial charge in [0.25, 0.3) is 0 Å². The number of unbranched alkanes of at least 4 members (excludes halogenated alkanes) is 2. The molecular weight excluding hydrogens is 540 g/mol. The summed E-state index contributed by atoms with van der Waals surface area (Å²) in [6.07, 6.45) is 2.09. The Labute approximate surface area is 251 Å². The number of nitrogens with one attached hydrogen (secondary N) is 2. The van der Waals surface area contributed by atoms with Gasteiger partial charge in [-0.2, -0.15) is 5.10 Å². The van der Waals surface area contributed by atoms with Gasteiger partial charge in [-0.15, -0.1) is 0 Å². The largest absolute Gasteiger partial charge is 0.394 e. The van der Waals surface area contributed by atoms with Crippen molar-refractivity contribution in [2.45, 2.75) is 56.0 Å². The van der Waals surface area contributed by atoms with Crippen LogP contribution in [0.5, 0.6) is 0 Å². The van der Waals surface area contributed by atoms with Gasteiger partial charge in [0.15, 0.2) is 11.5 Å². The van der Waals surface area contributed by atoms with Crippen LogP contribution in [0.2, 0.25) is 0 Å². The average molecular weight is 579 g/mol. The van der Waals surface area contributed by atoms with Gasteiger partial charge in [0.1, 0.15) is 18.0 Å². The highest BCUT2D eigenvalue weighted by Crippen LogP contribution is 2.37. The number of rotatable bonds is 12. The van der Waals surface area contributed by atoms with Gasteiger partial charge in [-0.05, 0) is 42.5 Å². The zero-order valence-corrected chi connectivity index (χ0v) is 24.1. The van der Waals surface area contributed by atoms with Gasteiger partial charge >= 0.3 is 0 Å². The van der Waals surface area contributed by atoms with Crippen molar-refractivity contribution in [1.29, 1.82) is 0 Å². The molecule has 6 rings (SSSR count). The monoisotopic (exact) mass is 578 g/mol. The normalized spacial score (nSPS) is 18.8. The van der Waals surface area contributed by atoms with Gasteiger partial charge in [0.2, 0.25) is 0 Å². The fourth-order valence-electron chi connectivity index (χ4n) is 6.16. The van der Waals surface area contributed by atoms with Crippen LogP contribution in [0.3, 0.4) is 0 Å². The van der Waals surface area contributed by atoms with Crippen LogP contribution < -0.4 is 11.1 Å². The quantitative estimate of drug-likeness (QED) is 0.108. The zero-order valence-electron chi connectivity index (χ0n) is 24.1. The maximum Gasteiger partial charge on any atom is 0.186 e. The van der Waals surface area contributed by atoms with E-state index in [-0.39, 0.29) is 6.61 Å². The second-order valence-corrected chi connectivity index (χ2v) is 11.1. The predicted molar refractivity (Wildman–Crippen MR) is 166 cm³/mol. The SMILES string of the molecule is Nc1nc(C2C[C@H](O)[C@@H](CO)O2)nc2n[nH]c(CCCCCNC(c3ccccc3)(c3ccccc3)c3ccccc3)c12. The van der Waals surface area contributed by atoms with Crippen molar-refractivity contribution in [3.05, 3.63) is 119 Å². The summed E-state index contributed by atoms with van der Waals surface area (Å²) in [5, 5.41) is 31.6. The minimum Gasteiger partial charge on any atom is -0.394 e. The summed E-state index contributed by atoms with van der Waals surface area (Å²) in [7, 11) is 0. The van der Waals surface area contributed by atoms with E-state index in [9.17, 15) is 10.2 Å². The van der Waals surface area contributed by atoms with Crippen LogP contribution >= 0.6 is 0 Å². The van der Waals surface area contributed by atoms with Gasteiger partial charge in [0, 0.05) is 12.1 Å². The van der Waals surface area contributed by atoms with Gasteiger partial charge in [0.05, 0.1) is 23.6 Å². The van der Waals surface area contributed by atoms with Crippen LogP contribution in [-0.4, -0.2) is 55.7 Å². The molecule has 0 spiro atoms. The summed E-state index contributed by atoms with van der Waals surface area (Å²) in [6, 6.07) is 31.9. The number of aryl methyl sites for hydroxylation is 1. The molecule has 0 aliphatic carbocycles.